The van der Waals surface area contributed by atoms with Gasteiger partial charge in [-0.1, -0.05) is 0 Å². The van der Waals surface area contributed by atoms with Crippen molar-refractivity contribution in [3.8, 4) is 0 Å². The van der Waals surface area contributed by atoms with Crippen molar-refractivity contribution in [2.45, 2.75) is 16.6 Å². The summed E-state index contributed by atoms with van der Waals surface area (Å²) in [4.78, 5) is 130. The molecular formula is C3H3Fe4NO18P6. The molecule has 190 valence electrons. The normalized spacial score (nSPS) is 13.9. The summed E-state index contributed by atoms with van der Waals surface area (Å²) in [7, 11) is -44.4. The van der Waals surface area contributed by atoms with Gasteiger partial charge in [0.05, 0.1) is 16.6 Å². The Bertz CT molecular complexity index is 693. The minimum absolute atomic E-state index is 0. The average molecular weight is 750 g/mol. The van der Waals surface area contributed by atoms with Crippen LogP contribution in [0.5, 0.6) is 0 Å². The molecule has 29 heteroatoms. The zero-order chi connectivity index (χ0) is 23.3. The minimum atomic E-state index is -7.40. The van der Waals surface area contributed by atoms with E-state index in [2.05, 4.69) is 0 Å². The first-order valence-corrected chi connectivity index (χ1v) is 15.3. The topological polar surface area (TPSA) is 382 Å². The van der Waals surface area contributed by atoms with Crippen molar-refractivity contribution < 1.29 is 154 Å². The summed E-state index contributed by atoms with van der Waals surface area (Å²) in [6.07, 6.45) is 0. The van der Waals surface area contributed by atoms with Crippen molar-refractivity contribution >= 4 is 45.6 Å². The third kappa shape index (κ3) is 12.9. The number of hydrogen-bond donors (Lipinski definition) is 0. The van der Waals surface area contributed by atoms with E-state index in [-0.39, 0.29) is 68.3 Å². The van der Waals surface area contributed by atoms with Gasteiger partial charge >= 0.3 is 68.3 Å². The van der Waals surface area contributed by atoms with Crippen LogP contribution in [0.15, 0.2) is 0 Å². The number of nitrogens with zero attached hydrogens (tertiary/aromatic N) is 1. The molecule has 0 aromatic heterocycles. The molecule has 0 aromatic carbocycles. The van der Waals surface area contributed by atoms with Gasteiger partial charge in [0.15, 0.2) is 0 Å². The molecule has 0 bridgehead atoms. The summed E-state index contributed by atoms with van der Waals surface area (Å²) >= 11 is 0. The van der Waals surface area contributed by atoms with Gasteiger partial charge in [0.25, 0.3) is 0 Å². The van der Waals surface area contributed by atoms with Gasteiger partial charge in [-0.15, -0.1) is 0 Å². The molecule has 32 heavy (non-hydrogen) atoms. The van der Waals surface area contributed by atoms with Gasteiger partial charge in [-0.05, 0) is 45.6 Å². The molecule has 0 atom stereocenters. The van der Waals surface area contributed by atoms with Gasteiger partial charge in [0.2, 0.25) is 0 Å². The second kappa shape index (κ2) is 14.2. The van der Waals surface area contributed by atoms with Crippen LogP contribution >= 0.6 is 45.6 Å². The maximum Gasteiger partial charge on any atom is 3.00 e. The SMILES string of the molecule is O=P([O-])([O-])C(N(C(P(=O)([O-])[O-])P(=O)([O-])[O-])C(P(=O)([O-])[O-])P(=O)([O-])[O-])P(=O)([O-])[O-].[Fe+3].[Fe+3].[Fe+3].[Fe+3]. The molecule has 19 nitrogen and oxygen atoms in total. The smallest absolute Gasteiger partial charge is 0.809 e. The summed E-state index contributed by atoms with van der Waals surface area (Å²) in [5.74, 6) is 0. The van der Waals surface area contributed by atoms with E-state index in [9.17, 15) is 86.1 Å². The van der Waals surface area contributed by atoms with Gasteiger partial charge in [-0.2, -0.15) is 0 Å². The molecule has 0 saturated carbocycles. The first kappa shape index (κ1) is 44.9. The van der Waals surface area contributed by atoms with Crippen LogP contribution in [-0.2, 0) is 95.7 Å². The molecule has 0 aromatic rings. The summed E-state index contributed by atoms with van der Waals surface area (Å²) in [5.41, 5.74) is -14.8. The van der Waals surface area contributed by atoms with E-state index in [0.717, 1.165) is 0 Å². The molecule has 0 rings (SSSR count). The molecule has 0 fully saturated rings. The molecule has 0 N–H and O–H groups in total. The van der Waals surface area contributed by atoms with E-state index in [1.807, 2.05) is 0 Å². The third-order valence-electron chi connectivity index (χ3n) is 2.50. The summed E-state index contributed by atoms with van der Waals surface area (Å²) in [6, 6.07) is 0. The van der Waals surface area contributed by atoms with Gasteiger partial charge in [0, 0.05) is 0 Å². The number of hydrogen-bond acceptors (Lipinski definition) is 19. The van der Waals surface area contributed by atoms with Crippen LogP contribution in [0, 0.1) is 0 Å². The van der Waals surface area contributed by atoms with Crippen LogP contribution in [0.1, 0.15) is 0 Å². The van der Waals surface area contributed by atoms with Gasteiger partial charge in [-0.25, -0.2) is 0 Å². The van der Waals surface area contributed by atoms with Gasteiger partial charge in [-0.3, -0.25) is 4.90 Å². The van der Waals surface area contributed by atoms with Crippen molar-refractivity contribution in [2.75, 3.05) is 0 Å². The summed E-state index contributed by atoms with van der Waals surface area (Å²) in [5, 5.41) is 0. The fourth-order valence-electron chi connectivity index (χ4n) is 1.86. The molecule has 0 aliphatic heterocycles. The first-order chi connectivity index (χ1) is 11.7. The maximum absolute atomic E-state index is 11.0. The number of rotatable bonds is 9. The van der Waals surface area contributed by atoms with E-state index in [1.54, 1.807) is 0 Å². The largest absolute Gasteiger partial charge is 3.00 e. The monoisotopic (exact) mass is 751 g/mol. The minimum Gasteiger partial charge on any atom is -0.809 e. The van der Waals surface area contributed by atoms with Crippen LogP contribution in [-0.4, -0.2) is 21.5 Å². The standard InChI is InChI=1S/C3H15NO18P6.4Fe/c5-23(6,7)1(24(8,9)10)4(2(25(11,12)13)26(14,15)16)3(27(17,18)19)28(20,21)22;;;;/h1-3H,(H2,5,6,7)(H2,8,9,10)(H2,11,12,13)(H2,14,15,16)(H2,17,18,19)(H2,20,21,22);;;;/q;4*+3/p-12. The van der Waals surface area contributed by atoms with Crippen LogP contribution in [0.3, 0.4) is 0 Å². The average Bonchev–Trinajstić information content (AvgIpc) is 2.13. The van der Waals surface area contributed by atoms with Crippen molar-refractivity contribution in [2.24, 2.45) is 0 Å². The quantitative estimate of drug-likeness (QED) is 0.156. The molecule has 4 radical (unpaired) electrons. The van der Waals surface area contributed by atoms with Crippen molar-refractivity contribution in [1.29, 1.82) is 0 Å². The van der Waals surface area contributed by atoms with E-state index < -0.39 is 67.0 Å². The fraction of sp³-hybridized carbons (Fsp3) is 1.00. The third-order valence-corrected chi connectivity index (χ3v) is 12.6. The molecule has 0 aliphatic rings. The predicted octanol–water partition coefficient (Wildman–Crippen LogP) is -10.4. The molecular weight excluding hydrogens is 747 g/mol. The van der Waals surface area contributed by atoms with Crippen molar-refractivity contribution in [3.63, 3.8) is 0 Å². The molecule has 0 saturated heterocycles. The van der Waals surface area contributed by atoms with E-state index in [0.29, 0.717) is 0 Å². The van der Waals surface area contributed by atoms with E-state index in [1.165, 1.54) is 0 Å². The molecule has 0 unspecified atom stereocenters. The first-order valence-electron chi connectivity index (χ1n) is 5.61. The fourth-order valence-corrected chi connectivity index (χ4v) is 10.8. The van der Waals surface area contributed by atoms with Crippen LogP contribution in [0.2, 0.25) is 0 Å². The van der Waals surface area contributed by atoms with Crippen molar-refractivity contribution in [3.05, 3.63) is 0 Å². The Morgan fingerprint density at radius 2 is 0.438 bits per heavy atom. The molecule has 0 amide bonds. The second-order valence-electron chi connectivity index (χ2n) is 4.73. The van der Waals surface area contributed by atoms with Gasteiger partial charge in [0.1, 0.15) is 0 Å². The van der Waals surface area contributed by atoms with Crippen molar-refractivity contribution in [1.82, 2.24) is 4.90 Å². The van der Waals surface area contributed by atoms with E-state index >= 15 is 0 Å². The summed E-state index contributed by atoms with van der Waals surface area (Å²) in [6.45, 7) is 0. The van der Waals surface area contributed by atoms with Crippen LogP contribution in [0.25, 0.3) is 0 Å². The Morgan fingerprint density at radius 1 is 0.344 bits per heavy atom. The Morgan fingerprint density at radius 3 is 0.500 bits per heavy atom. The zero-order valence-electron chi connectivity index (χ0n) is 13.6. The van der Waals surface area contributed by atoms with Crippen LogP contribution < -0.4 is 58.7 Å². The Hall–Kier alpha value is 2.94. The second-order valence-corrected chi connectivity index (χ2v) is 15.4. The molecule has 0 heterocycles. The zero-order valence-corrected chi connectivity index (χ0v) is 23.4. The maximum atomic E-state index is 11.0. The van der Waals surface area contributed by atoms with Gasteiger partial charge < -0.3 is 86.1 Å². The van der Waals surface area contributed by atoms with Crippen LogP contribution in [0.4, 0.5) is 0 Å². The summed E-state index contributed by atoms with van der Waals surface area (Å²) < 4.78 is 66.1. The van der Waals surface area contributed by atoms with E-state index in [4.69, 9.17) is 0 Å². The Labute approximate surface area is 220 Å². The predicted molar refractivity (Wildman–Crippen MR) is 58.8 cm³/mol. The Kier molecular flexibility index (Phi) is 19.9. The molecule has 0 spiro atoms. The Balaban J connectivity index is -0.000000607. The molecule has 0 aliphatic carbocycles.